The van der Waals surface area contributed by atoms with Crippen LogP contribution in [0.25, 0.3) is 0 Å². The second-order valence-corrected chi connectivity index (χ2v) is 5.08. The summed E-state index contributed by atoms with van der Waals surface area (Å²) < 4.78 is 25.2. The highest BCUT2D eigenvalue weighted by atomic mass is 19.1. The third kappa shape index (κ3) is 3.70. The predicted octanol–water partition coefficient (Wildman–Crippen LogP) is 3.17. The zero-order valence-corrected chi connectivity index (χ0v) is 13.1. The summed E-state index contributed by atoms with van der Waals surface area (Å²) in [6, 6.07) is 5.28. The largest absolute Gasteiger partial charge is 0.494 e. The van der Waals surface area contributed by atoms with E-state index in [0.717, 1.165) is 6.42 Å². The molecule has 0 heterocycles. The molecule has 2 atom stereocenters. The summed E-state index contributed by atoms with van der Waals surface area (Å²) in [6.07, 6.45) is 1.42. The van der Waals surface area contributed by atoms with Gasteiger partial charge in [-0.2, -0.15) is 0 Å². The van der Waals surface area contributed by atoms with Crippen molar-refractivity contribution in [3.63, 3.8) is 0 Å². The molecule has 1 aromatic rings. The lowest BCUT2D eigenvalue weighted by atomic mass is 9.88. The Labute approximate surface area is 121 Å². The molecule has 0 spiro atoms. The van der Waals surface area contributed by atoms with Gasteiger partial charge in [-0.05, 0) is 45.4 Å². The average Bonchev–Trinajstić information content (AvgIpc) is 2.46. The molecule has 0 aliphatic heterocycles. The second-order valence-electron chi connectivity index (χ2n) is 5.08. The Bertz CT molecular complexity index is 425. The summed E-state index contributed by atoms with van der Waals surface area (Å²) in [5.74, 6) is -0.00262. The minimum absolute atomic E-state index is 0.0362. The normalized spacial score (nSPS) is 15.7. The van der Waals surface area contributed by atoms with E-state index in [1.54, 1.807) is 12.1 Å². The third-order valence-corrected chi connectivity index (χ3v) is 3.95. The van der Waals surface area contributed by atoms with Crippen molar-refractivity contribution in [1.29, 1.82) is 0 Å². The van der Waals surface area contributed by atoms with E-state index in [1.165, 1.54) is 7.11 Å². The van der Waals surface area contributed by atoms with E-state index >= 15 is 0 Å². The third-order valence-electron chi connectivity index (χ3n) is 3.95. The highest BCUT2D eigenvalue weighted by Crippen LogP contribution is 2.26. The Morgan fingerprint density at radius 3 is 2.55 bits per heavy atom. The summed E-state index contributed by atoms with van der Waals surface area (Å²) in [6.45, 7) is 6.77. The van der Waals surface area contributed by atoms with Gasteiger partial charge in [-0.1, -0.05) is 19.1 Å². The van der Waals surface area contributed by atoms with Gasteiger partial charge in [0, 0.05) is 12.6 Å². The van der Waals surface area contributed by atoms with Crippen LogP contribution < -0.4 is 10.1 Å². The molecular weight excluding hydrogens is 257 g/mol. The van der Waals surface area contributed by atoms with Gasteiger partial charge in [0.1, 0.15) is 0 Å². The molecule has 1 aromatic carbocycles. The lowest BCUT2D eigenvalue weighted by Crippen LogP contribution is -2.50. The van der Waals surface area contributed by atoms with Crippen LogP contribution in [0.2, 0.25) is 0 Å². The minimum atomic E-state index is -0.320. The van der Waals surface area contributed by atoms with Crippen molar-refractivity contribution in [2.24, 2.45) is 0 Å². The molecule has 0 aliphatic rings. The van der Waals surface area contributed by atoms with Crippen molar-refractivity contribution >= 4 is 0 Å². The predicted molar refractivity (Wildman–Crippen MR) is 79.8 cm³/mol. The fraction of sp³-hybridized carbons (Fsp3) is 0.625. The van der Waals surface area contributed by atoms with Crippen molar-refractivity contribution < 1.29 is 13.9 Å². The monoisotopic (exact) mass is 283 g/mol. The minimum Gasteiger partial charge on any atom is -0.494 e. The number of likely N-dealkylation sites (N-methyl/N-ethyl adjacent to an activating group) is 1. The van der Waals surface area contributed by atoms with E-state index in [2.05, 4.69) is 19.2 Å². The second kappa shape index (κ2) is 7.60. The summed E-state index contributed by atoms with van der Waals surface area (Å²) in [4.78, 5) is 0. The number of halogens is 1. The van der Waals surface area contributed by atoms with Crippen LogP contribution >= 0.6 is 0 Å². The number of nitrogens with one attached hydrogen (secondary N) is 1. The number of methoxy groups -OCH3 is 1. The highest BCUT2D eigenvalue weighted by Gasteiger charge is 2.33. The molecular formula is C16H26FNO2. The van der Waals surface area contributed by atoms with Gasteiger partial charge in [0.2, 0.25) is 0 Å². The molecule has 0 saturated carbocycles. The SMILES string of the molecule is CCOC(C)(CC)C(Cc1cccc(OC)c1F)NC. The van der Waals surface area contributed by atoms with Crippen LogP contribution in [0.4, 0.5) is 4.39 Å². The topological polar surface area (TPSA) is 30.5 Å². The zero-order chi connectivity index (χ0) is 15.2. The van der Waals surface area contributed by atoms with Crippen molar-refractivity contribution in [2.45, 2.75) is 45.3 Å². The molecule has 2 unspecified atom stereocenters. The van der Waals surface area contributed by atoms with Crippen LogP contribution in [0.1, 0.15) is 32.8 Å². The number of rotatable bonds is 8. The molecule has 1 rings (SSSR count). The Morgan fingerprint density at radius 2 is 2.05 bits per heavy atom. The van der Waals surface area contributed by atoms with Gasteiger partial charge in [-0.15, -0.1) is 0 Å². The van der Waals surface area contributed by atoms with E-state index in [9.17, 15) is 4.39 Å². The summed E-state index contributed by atoms with van der Waals surface area (Å²) in [5.41, 5.74) is 0.321. The first-order valence-electron chi connectivity index (χ1n) is 7.15. The van der Waals surface area contributed by atoms with Crippen molar-refractivity contribution in [3.8, 4) is 5.75 Å². The van der Waals surface area contributed by atoms with Gasteiger partial charge >= 0.3 is 0 Å². The highest BCUT2D eigenvalue weighted by molar-refractivity contribution is 5.31. The van der Waals surface area contributed by atoms with Crippen molar-refractivity contribution in [1.82, 2.24) is 5.32 Å². The molecule has 114 valence electrons. The van der Waals surface area contributed by atoms with Crippen molar-refractivity contribution in [3.05, 3.63) is 29.6 Å². The van der Waals surface area contributed by atoms with Gasteiger partial charge in [0.15, 0.2) is 11.6 Å². The summed E-state index contributed by atoms with van der Waals surface area (Å²) >= 11 is 0. The first kappa shape index (κ1) is 16.9. The Balaban J connectivity index is 2.99. The molecule has 4 heteroatoms. The molecule has 0 aromatic heterocycles. The standard InChI is InChI=1S/C16H26FNO2/c1-6-16(3,20-7-2)14(18-4)11-12-9-8-10-13(19-5)15(12)17/h8-10,14,18H,6-7,11H2,1-5H3. The van der Waals surface area contributed by atoms with Gasteiger partial charge < -0.3 is 14.8 Å². The fourth-order valence-corrected chi connectivity index (χ4v) is 2.49. The molecule has 0 saturated heterocycles. The molecule has 0 fully saturated rings. The van der Waals surface area contributed by atoms with Crippen LogP contribution in [0.5, 0.6) is 5.75 Å². The lowest BCUT2D eigenvalue weighted by molar-refractivity contribution is -0.0535. The van der Waals surface area contributed by atoms with Crippen LogP contribution in [0, 0.1) is 5.82 Å². The van der Waals surface area contributed by atoms with E-state index in [1.807, 2.05) is 20.0 Å². The summed E-state index contributed by atoms with van der Waals surface area (Å²) in [7, 11) is 3.36. The van der Waals surface area contributed by atoms with Gasteiger partial charge in [0.05, 0.1) is 12.7 Å². The first-order chi connectivity index (χ1) is 9.52. The number of ether oxygens (including phenoxy) is 2. The molecule has 0 bridgehead atoms. The fourth-order valence-electron chi connectivity index (χ4n) is 2.49. The molecule has 3 nitrogen and oxygen atoms in total. The van der Waals surface area contributed by atoms with E-state index < -0.39 is 0 Å². The summed E-state index contributed by atoms with van der Waals surface area (Å²) in [5, 5.41) is 3.26. The van der Waals surface area contributed by atoms with Gasteiger partial charge in [0.25, 0.3) is 0 Å². The Hall–Kier alpha value is -1.13. The Kier molecular flexibility index (Phi) is 6.43. The number of benzene rings is 1. The maximum atomic E-state index is 14.3. The zero-order valence-electron chi connectivity index (χ0n) is 13.1. The van der Waals surface area contributed by atoms with E-state index in [4.69, 9.17) is 9.47 Å². The van der Waals surface area contributed by atoms with Crippen molar-refractivity contribution in [2.75, 3.05) is 20.8 Å². The quantitative estimate of drug-likeness (QED) is 0.795. The number of hydrogen-bond donors (Lipinski definition) is 1. The first-order valence-corrected chi connectivity index (χ1v) is 7.15. The smallest absolute Gasteiger partial charge is 0.168 e. The molecule has 0 amide bonds. The maximum absolute atomic E-state index is 14.3. The van der Waals surface area contributed by atoms with Crippen LogP contribution in [-0.2, 0) is 11.2 Å². The van der Waals surface area contributed by atoms with Crippen LogP contribution in [-0.4, -0.2) is 32.4 Å². The molecule has 20 heavy (non-hydrogen) atoms. The average molecular weight is 283 g/mol. The number of hydrogen-bond acceptors (Lipinski definition) is 3. The molecule has 0 aliphatic carbocycles. The van der Waals surface area contributed by atoms with Crippen LogP contribution in [0.3, 0.4) is 0 Å². The van der Waals surface area contributed by atoms with Crippen LogP contribution in [0.15, 0.2) is 18.2 Å². The molecule has 1 N–H and O–H groups in total. The molecule has 0 radical (unpaired) electrons. The van der Waals surface area contributed by atoms with E-state index in [-0.39, 0.29) is 23.2 Å². The van der Waals surface area contributed by atoms with Gasteiger partial charge in [-0.3, -0.25) is 0 Å². The van der Waals surface area contributed by atoms with Gasteiger partial charge in [-0.25, -0.2) is 4.39 Å². The van der Waals surface area contributed by atoms with E-state index in [0.29, 0.717) is 18.6 Å². The lowest BCUT2D eigenvalue weighted by Gasteiger charge is -2.37. The maximum Gasteiger partial charge on any atom is 0.168 e. The Morgan fingerprint density at radius 1 is 1.35 bits per heavy atom.